The highest BCUT2D eigenvalue weighted by Gasteiger charge is 2.67. The second-order valence-electron chi connectivity index (χ2n) is 5.80. The highest BCUT2D eigenvalue weighted by Crippen LogP contribution is 2.40. The van der Waals surface area contributed by atoms with Crippen LogP contribution in [0.15, 0.2) is 29.3 Å². The summed E-state index contributed by atoms with van der Waals surface area (Å²) in [5.41, 5.74) is -2.45. The number of rotatable bonds is 5. The van der Waals surface area contributed by atoms with Gasteiger partial charge in [-0.3, -0.25) is 14.5 Å². The first kappa shape index (κ1) is 18.6. The van der Waals surface area contributed by atoms with Gasteiger partial charge in [0.15, 0.2) is 5.17 Å². The zero-order valence-corrected chi connectivity index (χ0v) is 14.6. The van der Waals surface area contributed by atoms with E-state index in [1.807, 2.05) is 5.32 Å². The Labute approximate surface area is 151 Å². The number of nitrogens with one attached hydrogen (secondary N) is 1. The minimum absolute atomic E-state index is 0.00257. The number of carbonyl (C=O) groups excluding carboxylic acids is 2. The zero-order valence-electron chi connectivity index (χ0n) is 13.8. The Balaban J connectivity index is 1.71. The van der Waals surface area contributed by atoms with Crippen molar-refractivity contribution in [2.75, 3.05) is 19.4 Å². The predicted octanol–water partition coefficient (Wildman–Crippen LogP) is 1.95. The molecule has 2 aliphatic heterocycles. The van der Waals surface area contributed by atoms with Crippen LogP contribution >= 0.6 is 11.8 Å². The number of aliphatic imine (C=N–C) groups is 1. The van der Waals surface area contributed by atoms with Crippen LogP contribution in [0.2, 0.25) is 0 Å². The highest BCUT2D eigenvalue weighted by atomic mass is 32.2. The molecule has 2 amide bonds. The van der Waals surface area contributed by atoms with Crippen LogP contribution in [-0.2, 0) is 16.0 Å². The van der Waals surface area contributed by atoms with Gasteiger partial charge in [-0.05, 0) is 24.1 Å². The van der Waals surface area contributed by atoms with Crippen molar-refractivity contribution < 1.29 is 27.5 Å². The van der Waals surface area contributed by atoms with Crippen molar-refractivity contribution in [1.29, 1.82) is 0 Å². The number of thioether (sulfide) groups is 1. The molecule has 1 fully saturated rings. The molecule has 0 unspecified atom stereocenters. The molecule has 26 heavy (non-hydrogen) atoms. The molecule has 0 saturated carbocycles. The number of methoxy groups -OCH3 is 1. The van der Waals surface area contributed by atoms with Gasteiger partial charge in [-0.25, -0.2) is 4.99 Å². The Morgan fingerprint density at radius 2 is 2.08 bits per heavy atom. The molecule has 10 heteroatoms. The minimum Gasteiger partial charge on any atom is -0.497 e. The standard InChI is InChI=1S/C16H16F3N3O3S/c1-25-11-5-2-10(3-6-11)4-7-12(23)20-15(16(17,18)19)13(24)22-8-9-26-14(22)21-15/h2-3,5-6H,4,7-9H2,1H3,(H,20,23)/t15-/m1/s1. The number of amides is 2. The first-order valence-electron chi connectivity index (χ1n) is 7.82. The molecule has 0 spiro atoms. The lowest BCUT2D eigenvalue weighted by atomic mass is 10.1. The Bertz CT molecular complexity index is 751. The fourth-order valence-electron chi connectivity index (χ4n) is 2.72. The number of carbonyl (C=O) groups is 2. The lowest BCUT2D eigenvalue weighted by Crippen LogP contribution is -2.63. The summed E-state index contributed by atoms with van der Waals surface area (Å²) in [6.45, 7) is 0.155. The number of ether oxygens (including phenoxy) is 1. The SMILES string of the molecule is COc1ccc(CCC(=O)N[C@@]2(C(F)(F)F)N=C3SCCN3C2=O)cc1. The normalized spacial score (nSPS) is 22.2. The lowest BCUT2D eigenvalue weighted by Gasteiger charge is -2.28. The van der Waals surface area contributed by atoms with Gasteiger partial charge in [0.05, 0.1) is 7.11 Å². The number of fused-ring (bicyclic) bond motifs is 1. The van der Waals surface area contributed by atoms with Crippen LogP contribution in [0.4, 0.5) is 13.2 Å². The topological polar surface area (TPSA) is 71.0 Å². The van der Waals surface area contributed by atoms with Crippen molar-refractivity contribution in [3.8, 4) is 5.75 Å². The van der Waals surface area contributed by atoms with Gasteiger partial charge in [0.1, 0.15) is 5.75 Å². The van der Waals surface area contributed by atoms with E-state index in [1.54, 1.807) is 24.3 Å². The summed E-state index contributed by atoms with van der Waals surface area (Å²) in [6.07, 6.45) is -4.99. The van der Waals surface area contributed by atoms with Gasteiger partial charge in [0.2, 0.25) is 5.91 Å². The van der Waals surface area contributed by atoms with E-state index in [-0.39, 0.29) is 24.6 Å². The first-order valence-corrected chi connectivity index (χ1v) is 8.81. The molecule has 1 N–H and O–H groups in total. The number of hydrogen-bond acceptors (Lipinski definition) is 5. The molecule has 6 nitrogen and oxygen atoms in total. The number of hydrogen-bond donors (Lipinski definition) is 1. The molecule has 0 aromatic heterocycles. The average molecular weight is 387 g/mol. The van der Waals surface area contributed by atoms with E-state index in [0.29, 0.717) is 11.5 Å². The fourth-order valence-corrected chi connectivity index (χ4v) is 3.71. The minimum atomic E-state index is -5.02. The number of amidine groups is 1. The molecular weight excluding hydrogens is 371 g/mol. The molecule has 2 aliphatic rings. The molecule has 0 bridgehead atoms. The molecular formula is C16H16F3N3O3S. The summed E-state index contributed by atoms with van der Waals surface area (Å²) in [5, 5.41) is 1.83. The first-order chi connectivity index (χ1) is 12.3. The van der Waals surface area contributed by atoms with Crippen LogP contribution in [0, 0.1) is 0 Å². The van der Waals surface area contributed by atoms with Crippen molar-refractivity contribution in [3.63, 3.8) is 0 Å². The largest absolute Gasteiger partial charge is 0.497 e. The molecule has 2 heterocycles. The molecule has 1 aromatic rings. The molecule has 1 aromatic carbocycles. The summed E-state index contributed by atoms with van der Waals surface area (Å²) in [7, 11) is 1.52. The monoisotopic (exact) mass is 387 g/mol. The van der Waals surface area contributed by atoms with E-state index >= 15 is 0 Å². The Kier molecular flexibility index (Phi) is 4.87. The summed E-state index contributed by atoms with van der Waals surface area (Å²) in [4.78, 5) is 28.9. The highest BCUT2D eigenvalue weighted by molar-refractivity contribution is 8.14. The van der Waals surface area contributed by atoms with E-state index in [0.717, 1.165) is 22.2 Å². The second kappa shape index (κ2) is 6.82. The van der Waals surface area contributed by atoms with Gasteiger partial charge in [-0.15, -0.1) is 0 Å². The molecule has 1 atom stereocenters. The number of aryl methyl sites for hydroxylation is 1. The third-order valence-electron chi connectivity index (χ3n) is 4.13. The van der Waals surface area contributed by atoms with E-state index in [1.165, 1.54) is 7.11 Å². The maximum atomic E-state index is 13.6. The summed E-state index contributed by atoms with van der Waals surface area (Å²) in [6, 6.07) is 6.84. The van der Waals surface area contributed by atoms with Crippen molar-refractivity contribution in [2.45, 2.75) is 24.7 Å². The number of benzene rings is 1. The van der Waals surface area contributed by atoms with Gasteiger partial charge >= 0.3 is 11.8 Å². The Morgan fingerprint density at radius 3 is 2.65 bits per heavy atom. The summed E-state index contributed by atoms with van der Waals surface area (Å²) >= 11 is 1.07. The van der Waals surface area contributed by atoms with E-state index in [4.69, 9.17) is 4.74 Å². The molecule has 3 rings (SSSR count). The zero-order chi connectivity index (χ0) is 18.9. The number of nitrogens with zero attached hydrogens (tertiary/aromatic N) is 2. The van der Waals surface area contributed by atoms with Crippen molar-refractivity contribution in [2.24, 2.45) is 4.99 Å². The van der Waals surface area contributed by atoms with Crippen LogP contribution in [0.5, 0.6) is 5.75 Å². The van der Waals surface area contributed by atoms with E-state index in [9.17, 15) is 22.8 Å². The van der Waals surface area contributed by atoms with Gasteiger partial charge in [-0.1, -0.05) is 23.9 Å². The van der Waals surface area contributed by atoms with Crippen molar-refractivity contribution in [1.82, 2.24) is 10.2 Å². The molecule has 1 saturated heterocycles. The number of alkyl halides is 3. The average Bonchev–Trinajstić information content (AvgIpc) is 3.15. The van der Waals surface area contributed by atoms with E-state index in [2.05, 4.69) is 4.99 Å². The quantitative estimate of drug-likeness (QED) is 0.838. The van der Waals surface area contributed by atoms with Crippen molar-refractivity contribution >= 4 is 28.7 Å². The van der Waals surface area contributed by atoms with Crippen LogP contribution in [0.1, 0.15) is 12.0 Å². The third-order valence-corrected chi connectivity index (χ3v) is 5.08. The lowest BCUT2D eigenvalue weighted by molar-refractivity contribution is -0.200. The van der Waals surface area contributed by atoms with Crippen LogP contribution in [0.25, 0.3) is 0 Å². The number of halogens is 3. The van der Waals surface area contributed by atoms with Gasteiger partial charge < -0.3 is 10.1 Å². The Hall–Kier alpha value is -2.23. The van der Waals surface area contributed by atoms with Gasteiger partial charge in [0.25, 0.3) is 5.91 Å². The van der Waals surface area contributed by atoms with E-state index < -0.39 is 23.7 Å². The fraction of sp³-hybridized carbons (Fsp3) is 0.438. The predicted molar refractivity (Wildman–Crippen MR) is 89.8 cm³/mol. The van der Waals surface area contributed by atoms with Gasteiger partial charge in [-0.2, -0.15) is 13.2 Å². The Morgan fingerprint density at radius 1 is 1.38 bits per heavy atom. The van der Waals surface area contributed by atoms with Crippen LogP contribution in [-0.4, -0.2) is 53.1 Å². The molecule has 0 radical (unpaired) electrons. The van der Waals surface area contributed by atoms with Gasteiger partial charge in [0, 0.05) is 18.7 Å². The summed E-state index contributed by atoms with van der Waals surface area (Å²) < 4.78 is 45.8. The van der Waals surface area contributed by atoms with Crippen molar-refractivity contribution in [3.05, 3.63) is 29.8 Å². The molecule has 140 valence electrons. The summed E-state index contributed by atoms with van der Waals surface area (Å²) in [5.74, 6) is -1.01. The second-order valence-corrected chi connectivity index (χ2v) is 6.87. The smallest absolute Gasteiger partial charge is 0.442 e. The maximum absolute atomic E-state index is 13.6. The molecule has 0 aliphatic carbocycles. The van der Waals surface area contributed by atoms with Crippen LogP contribution < -0.4 is 10.1 Å². The van der Waals surface area contributed by atoms with Crippen LogP contribution in [0.3, 0.4) is 0 Å². The maximum Gasteiger partial charge on any atom is 0.442 e. The third kappa shape index (κ3) is 3.25.